The molecule has 3 N–H and O–H groups in total. The molecule has 0 aliphatic heterocycles. The van der Waals surface area contributed by atoms with Gasteiger partial charge in [-0.05, 0) is 19.8 Å². The van der Waals surface area contributed by atoms with E-state index in [0.29, 0.717) is 0 Å². The van der Waals surface area contributed by atoms with E-state index in [1.54, 1.807) is 0 Å². The largest absolute Gasteiger partial charge is 0.480 e. The number of carboxylic acid groups (broad SMARTS) is 1. The molecule has 0 heterocycles. The molecule has 0 rings (SSSR count). The molecule has 2 atom stereocenters. The van der Waals surface area contributed by atoms with Gasteiger partial charge < -0.3 is 15.7 Å². The minimum absolute atomic E-state index is 0.0412. The summed E-state index contributed by atoms with van der Waals surface area (Å²) in [4.78, 5) is 24.1. The van der Waals surface area contributed by atoms with Crippen molar-refractivity contribution in [2.24, 2.45) is 11.7 Å². The summed E-state index contributed by atoms with van der Waals surface area (Å²) in [5.41, 5.74) is 4.55. The monoisotopic (exact) mass is 230 g/mol. The first-order valence-electron chi connectivity index (χ1n) is 5.42. The first-order chi connectivity index (χ1) is 7.16. The zero-order chi connectivity index (χ0) is 13.1. The fourth-order valence-electron chi connectivity index (χ4n) is 1.14. The Bertz CT molecular complexity index is 276. The van der Waals surface area contributed by atoms with Crippen molar-refractivity contribution in [3.63, 3.8) is 0 Å². The van der Waals surface area contributed by atoms with Crippen molar-refractivity contribution in [1.82, 2.24) is 4.90 Å². The Morgan fingerprint density at radius 2 is 1.88 bits per heavy atom. The summed E-state index contributed by atoms with van der Waals surface area (Å²) < 4.78 is 0. The summed E-state index contributed by atoms with van der Waals surface area (Å²) in [5.74, 6) is -1.33. The average molecular weight is 230 g/mol. The van der Waals surface area contributed by atoms with Crippen LogP contribution in [0.1, 0.15) is 34.1 Å². The topological polar surface area (TPSA) is 83.6 Å². The van der Waals surface area contributed by atoms with Crippen molar-refractivity contribution in [3.05, 3.63) is 0 Å². The molecular weight excluding hydrogens is 208 g/mol. The van der Waals surface area contributed by atoms with Crippen LogP contribution < -0.4 is 5.73 Å². The third-order valence-electron chi connectivity index (χ3n) is 3.23. The number of carbonyl (C=O) groups excluding carboxylic acids is 1. The number of carboxylic acids is 1. The van der Waals surface area contributed by atoms with Crippen LogP contribution in [0.3, 0.4) is 0 Å². The van der Waals surface area contributed by atoms with E-state index < -0.39 is 17.6 Å². The van der Waals surface area contributed by atoms with Crippen LogP contribution in [-0.2, 0) is 9.59 Å². The zero-order valence-corrected chi connectivity index (χ0v) is 10.7. The van der Waals surface area contributed by atoms with Crippen LogP contribution in [-0.4, -0.2) is 40.5 Å². The highest BCUT2D eigenvalue weighted by atomic mass is 16.4. The molecule has 0 unspecified atom stereocenters. The second-order valence-electron chi connectivity index (χ2n) is 4.67. The molecule has 94 valence electrons. The molecule has 0 fully saturated rings. The smallest absolute Gasteiger partial charge is 0.329 e. The third kappa shape index (κ3) is 2.95. The Morgan fingerprint density at radius 1 is 1.44 bits per heavy atom. The van der Waals surface area contributed by atoms with Gasteiger partial charge in [-0.25, -0.2) is 4.79 Å². The van der Waals surface area contributed by atoms with Crippen LogP contribution in [0.15, 0.2) is 0 Å². The van der Waals surface area contributed by atoms with Crippen molar-refractivity contribution in [2.75, 3.05) is 7.05 Å². The normalized spacial score (nSPS) is 15.4. The molecule has 0 bridgehead atoms. The van der Waals surface area contributed by atoms with Crippen molar-refractivity contribution >= 4 is 11.9 Å². The van der Waals surface area contributed by atoms with Crippen LogP contribution in [0, 0.1) is 5.92 Å². The number of likely N-dealkylation sites (N-methyl/N-ethyl adjacent to an activating group) is 1. The lowest BCUT2D eigenvalue weighted by atomic mass is 9.96. The maximum Gasteiger partial charge on any atom is 0.329 e. The van der Waals surface area contributed by atoms with E-state index in [4.69, 9.17) is 10.8 Å². The minimum Gasteiger partial charge on any atom is -0.480 e. The predicted octanol–water partition coefficient (Wildman–Crippen LogP) is 0.681. The molecule has 16 heavy (non-hydrogen) atoms. The number of hydrogen-bond acceptors (Lipinski definition) is 3. The number of nitrogens with two attached hydrogens (primary N) is 1. The van der Waals surface area contributed by atoms with Crippen molar-refractivity contribution in [2.45, 2.75) is 45.7 Å². The van der Waals surface area contributed by atoms with E-state index in [9.17, 15) is 9.59 Å². The van der Waals surface area contributed by atoms with Crippen LogP contribution >= 0.6 is 0 Å². The second kappa shape index (κ2) is 5.30. The van der Waals surface area contributed by atoms with Crippen molar-refractivity contribution < 1.29 is 14.7 Å². The molecule has 5 nitrogen and oxygen atoms in total. The van der Waals surface area contributed by atoms with Gasteiger partial charge in [0.2, 0.25) is 5.91 Å². The lowest BCUT2D eigenvalue weighted by Gasteiger charge is -2.34. The minimum atomic E-state index is -1.23. The first-order valence-corrected chi connectivity index (χ1v) is 5.42. The van der Waals surface area contributed by atoms with Gasteiger partial charge in [0.05, 0.1) is 6.04 Å². The van der Waals surface area contributed by atoms with Gasteiger partial charge in [-0.15, -0.1) is 0 Å². The highest BCUT2D eigenvalue weighted by Gasteiger charge is 2.37. The number of hydrogen-bond donors (Lipinski definition) is 2. The molecule has 0 aromatic carbocycles. The molecule has 0 aromatic rings. The molecule has 5 heteroatoms. The molecule has 0 aliphatic carbocycles. The van der Waals surface area contributed by atoms with Crippen LogP contribution in [0.4, 0.5) is 0 Å². The summed E-state index contributed by atoms with van der Waals surface area (Å²) in [6.07, 6.45) is 0.786. The molecule has 0 aromatic heterocycles. The quantitative estimate of drug-likeness (QED) is 0.727. The van der Waals surface area contributed by atoms with Gasteiger partial charge in [0.1, 0.15) is 5.54 Å². The van der Waals surface area contributed by atoms with E-state index in [2.05, 4.69) is 0 Å². The van der Waals surface area contributed by atoms with E-state index in [0.717, 1.165) is 6.42 Å². The molecule has 0 aliphatic rings. The summed E-state index contributed by atoms with van der Waals surface area (Å²) in [7, 11) is 1.47. The van der Waals surface area contributed by atoms with E-state index >= 15 is 0 Å². The SMILES string of the molecule is CC[C@H](C)[C@H](N)C(=O)N(C)C(C)(C)C(=O)O. The van der Waals surface area contributed by atoms with E-state index in [-0.39, 0.29) is 11.8 Å². The molecule has 0 saturated carbocycles. The molecule has 0 radical (unpaired) electrons. The van der Waals surface area contributed by atoms with Gasteiger partial charge in [0, 0.05) is 7.05 Å². The van der Waals surface area contributed by atoms with Gasteiger partial charge in [-0.2, -0.15) is 0 Å². The van der Waals surface area contributed by atoms with Crippen LogP contribution in [0.2, 0.25) is 0 Å². The summed E-state index contributed by atoms with van der Waals surface area (Å²) in [6, 6.07) is -0.645. The maximum atomic E-state index is 11.9. The number of nitrogens with zero attached hydrogens (tertiary/aromatic N) is 1. The molecule has 0 spiro atoms. The summed E-state index contributed by atoms with van der Waals surface area (Å²) in [5, 5.41) is 9.00. The number of amides is 1. The Hall–Kier alpha value is -1.10. The van der Waals surface area contributed by atoms with Crippen molar-refractivity contribution in [1.29, 1.82) is 0 Å². The number of carbonyl (C=O) groups is 2. The van der Waals surface area contributed by atoms with E-state index in [1.807, 2.05) is 13.8 Å². The highest BCUT2D eigenvalue weighted by Crippen LogP contribution is 2.16. The molecule has 0 saturated heterocycles. The van der Waals surface area contributed by atoms with Gasteiger partial charge in [-0.3, -0.25) is 4.79 Å². The zero-order valence-electron chi connectivity index (χ0n) is 10.7. The van der Waals surface area contributed by atoms with Gasteiger partial charge >= 0.3 is 5.97 Å². The Labute approximate surface area is 96.6 Å². The van der Waals surface area contributed by atoms with E-state index in [1.165, 1.54) is 25.8 Å². The number of rotatable bonds is 5. The number of aliphatic carboxylic acids is 1. The van der Waals surface area contributed by atoms with Crippen molar-refractivity contribution in [3.8, 4) is 0 Å². The lowest BCUT2D eigenvalue weighted by Crippen LogP contribution is -2.56. The van der Waals surface area contributed by atoms with Crippen LogP contribution in [0.25, 0.3) is 0 Å². The Kier molecular flexibility index (Phi) is 4.93. The molecular formula is C11H22N2O3. The average Bonchev–Trinajstić information content (AvgIpc) is 2.24. The lowest BCUT2D eigenvalue weighted by molar-refractivity contribution is -0.156. The summed E-state index contributed by atoms with van der Waals surface area (Å²) >= 11 is 0. The Balaban J connectivity index is 4.81. The fraction of sp³-hybridized carbons (Fsp3) is 0.818. The maximum absolute atomic E-state index is 11.9. The van der Waals surface area contributed by atoms with Crippen LogP contribution in [0.5, 0.6) is 0 Å². The standard InChI is InChI=1S/C11H22N2O3/c1-6-7(2)8(12)9(14)13(5)11(3,4)10(15)16/h7-8H,6,12H2,1-5H3,(H,15,16)/t7-,8-/m0/s1. The first kappa shape index (κ1) is 14.9. The highest BCUT2D eigenvalue weighted by molar-refractivity contribution is 5.88. The van der Waals surface area contributed by atoms with Gasteiger partial charge in [0.15, 0.2) is 0 Å². The fourth-order valence-corrected chi connectivity index (χ4v) is 1.14. The Morgan fingerprint density at radius 3 is 2.19 bits per heavy atom. The van der Waals surface area contributed by atoms with Gasteiger partial charge in [0.25, 0.3) is 0 Å². The predicted molar refractivity (Wildman–Crippen MR) is 61.9 cm³/mol. The summed E-state index contributed by atoms with van der Waals surface area (Å²) in [6.45, 7) is 6.79. The molecule has 1 amide bonds. The second-order valence-corrected chi connectivity index (χ2v) is 4.67. The third-order valence-corrected chi connectivity index (χ3v) is 3.23. The van der Waals surface area contributed by atoms with Gasteiger partial charge in [-0.1, -0.05) is 20.3 Å².